The third kappa shape index (κ3) is 9.65. The molecule has 0 aromatic heterocycles. The van der Waals surface area contributed by atoms with Crippen LogP contribution in [-0.4, -0.2) is 53.1 Å². The number of ether oxygens (including phenoxy) is 1. The van der Waals surface area contributed by atoms with Gasteiger partial charge in [0.05, 0.1) is 12.9 Å². The zero-order chi connectivity index (χ0) is 19.6. The van der Waals surface area contributed by atoms with Crippen LogP contribution in [0.4, 0.5) is 0 Å². The first-order valence-corrected chi connectivity index (χ1v) is 11.0. The molecule has 1 aromatic carbocycles. The molecule has 148 valence electrons. The van der Waals surface area contributed by atoms with E-state index in [2.05, 4.69) is 27.8 Å². The second kappa shape index (κ2) is 10.4. The second-order valence-electron chi connectivity index (χ2n) is 7.26. The first-order chi connectivity index (χ1) is 12.1. The van der Waals surface area contributed by atoms with Crippen molar-refractivity contribution in [2.75, 3.05) is 38.8 Å². The molecule has 1 rings (SSSR count). The first-order valence-electron chi connectivity index (χ1n) is 8.98. The summed E-state index contributed by atoms with van der Waals surface area (Å²) in [6, 6.07) is 8.02. The highest BCUT2D eigenvalue weighted by molar-refractivity contribution is 7.90. The fraction of sp³-hybridized carbons (Fsp3) is 0.632. The third-order valence-corrected chi connectivity index (χ3v) is 4.97. The zero-order valence-corrected chi connectivity index (χ0v) is 17.4. The molecule has 6 nitrogen and oxygen atoms in total. The van der Waals surface area contributed by atoms with Gasteiger partial charge in [-0.05, 0) is 42.9 Å². The van der Waals surface area contributed by atoms with Crippen molar-refractivity contribution in [2.24, 2.45) is 10.4 Å². The summed E-state index contributed by atoms with van der Waals surface area (Å²) in [4.78, 5) is 4.62. The molecule has 0 bridgehead atoms. The number of hydrogen-bond donors (Lipinski definition) is 2. The number of nitrogens with zero attached hydrogens (tertiary/aromatic N) is 1. The molecule has 0 amide bonds. The largest absolute Gasteiger partial charge is 0.497 e. The standard InChI is InChI=1S/C19H33N3O3S/c1-6-20-18(22-15-19(2,3)12-14-26(5,23)24)21-13-11-16-7-9-17(25-4)10-8-16/h7-10H,6,11-15H2,1-5H3,(H2,20,21,22). The summed E-state index contributed by atoms with van der Waals surface area (Å²) < 4.78 is 27.9. The van der Waals surface area contributed by atoms with Gasteiger partial charge in [-0.15, -0.1) is 0 Å². The Morgan fingerprint density at radius 1 is 1.19 bits per heavy atom. The van der Waals surface area contributed by atoms with Crippen LogP contribution in [0.3, 0.4) is 0 Å². The Bertz CT molecular complexity index is 668. The highest BCUT2D eigenvalue weighted by Crippen LogP contribution is 2.21. The maximum atomic E-state index is 11.4. The van der Waals surface area contributed by atoms with Crippen molar-refractivity contribution in [2.45, 2.75) is 33.6 Å². The van der Waals surface area contributed by atoms with Crippen molar-refractivity contribution in [3.8, 4) is 5.75 Å². The number of rotatable bonds is 10. The smallest absolute Gasteiger partial charge is 0.191 e. The van der Waals surface area contributed by atoms with E-state index >= 15 is 0 Å². The number of nitrogens with one attached hydrogen (secondary N) is 2. The molecule has 0 saturated heterocycles. The van der Waals surface area contributed by atoms with Gasteiger partial charge in [0.15, 0.2) is 5.96 Å². The minimum absolute atomic E-state index is 0.165. The monoisotopic (exact) mass is 383 g/mol. The number of guanidine groups is 1. The average Bonchev–Trinajstić information content (AvgIpc) is 2.58. The molecule has 0 spiro atoms. The van der Waals surface area contributed by atoms with Crippen LogP contribution in [0.2, 0.25) is 0 Å². The molecule has 0 heterocycles. The lowest BCUT2D eigenvalue weighted by Crippen LogP contribution is -2.39. The normalized spacial score (nSPS) is 12.7. The summed E-state index contributed by atoms with van der Waals surface area (Å²) >= 11 is 0. The average molecular weight is 384 g/mol. The van der Waals surface area contributed by atoms with E-state index < -0.39 is 9.84 Å². The van der Waals surface area contributed by atoms with Gasteiger partial charge in [-0.25, -0.2) is 8.42 Å². The molecule has 1 aromatic rings. The molecule has 0 aliphatic carbocycles. The Labute approximate surface area is 158 Å². The lowest BCUT2D eigenvalue weighted by molar-refractivity contribution is 0.365. The Balaban J connectivity index is 2.53. The molecular weight excluding hydrogens is 350 g/mol. The quantitative estimate of drug-likeness (QED) is 0.478. The molecule has 0 saturated carbocycles. The molecule has 0 atom stereocenters. The summed E-state index contributed by atoms with van der Waals surface area (Å²) in [5, 5.41) is 6.56. The van der Waals surface area contributed by atoms with E-state index in [-0.39, 0.29) is 11.2 Å². The number of sulfone groups is 1. The minimum Gasteiger partial charge on any atom is -0.497 e. The molecule has 7 heteroatoms. The Hall–Kier alpha value is -1.76. The highest BCUT2D eigenvalue weighted by Gasteiger charge is 2.20. The van der Waals surface area contributed by atoms with Crippen LogP contribution in [-0.2, 0) is 16.3 Å². The Kier molecular flexibility index (Phi) is 8.92. The van der Waals surface area contributed by atoms with Gasteiger partial charge < -0.3 is 15.4 Å². The van der Waals surface area contributed by atoms with E-state index in [1.807, 2.05) is 32.9 Å². The third-order valence-electron chi connectivity index (χ3n) is 4.02. The van der Waals surface area contributed by atoms with Crippen LogP contribution < -0.4 is 15.4 Å². The minimum atomic E-state index is -2.94. The summed E-state index contributed by atoms with van der Waals surface area (Å²) in [5.74, 6) is 1.80. The lowest BCUT2D eigenvalue weighted by atomic mass is 9.90. The van der Waals surface area contributed by atoms with Crippen molar-refractivity contribution in [1.29, 1.82) is 0 Å². The molecule has 0 aliphatic rings. The van der Waals surface area contributed by atoms with E-state index in [4.69, 9.17) is 4.74 Å². The lowest BCUT2D eigenvalue weighted by Gasteiger charge is -2.22. The topological polar surface area (TPSA) is 79.8 Å². The SMILES string of the molecule is CCNC(=NCC(C)(C)CCS(C)(=O)=O)NCCc1ccc(OC)cc1. The Morgan fingerprint density at radius 2 is 1.85 bits per heavy atom. The van der Waals surface area contributed by atoms with Gasteiger partial charge in [0.25, 0.3) is 0 Å². The van der Waals surface area contributed by atoms with Crippen molar-refractivity contribution in [1.82, 2.24) is 10.6 Å². The van der Waals surface area contributed by atoms with Crippen molar-refractivity contribution in [3.63, 3.8) is 0 Å². The van der Waals surface area contributed by atoms with Gasteiger partial charge in [0, 0.05) is 25.9 Å². The van der Waals surface area contributed by atoms with Gasteiger partial charge in [-0.2, -0.15) is 0 Å². The van der Waals surface area contributed by atoms with Crippen LogP contribution in [0.25, 0.3) is 0 Å². The van der Waals surface area contributed by atoms with Crippen molar-refractivity contribution in [3.05, 3.63) is 29.8 Å². The number of methoxy groups -OCH3 is 1. The van der Waals surface area contributed by atoms with Crippen LogP contribution in [0.1, 0.15) is 32.8 Å². The molecule has 0 radical (unpaired) electrons. The molecule has 2 N–H and O–H groups in total. The summed E-state index contributed by atoms with van der Waals surface area (Å²) in [6.45, 7) is 8.22. The van der Waals surface area contributed by atoms with E-state index in [1.54, 1.807) is 7.11 Å². The molecule has 0 aliphatic heterocycles. The van der Waals surface area contributed by atoms with Gasteiger partial charge in [0.1, 0.15) is 15.6 Å². The molecule has 26 heavy (non-hydrogen) atoms. The van der Waals surface area contributed by atoms with Crippen molar-refractivity contribution >= 4 is 15.8 Å². The van der Waals surface area contributed by atoms with Crippen LogP contribution in [0.5, 0.6) is 5.75 Å². The molecular formula is C19H33N3O3S. The van der Waals surface area contributed by atoms with Crippen LogP contribution in [0, 0.1) is 5.41 Å². The van der Waals surface area contributed by atoms with Gasteiger partial charge >= 0.3 is 0 Å². The van der Waals surface area contributed by atoms with E-state index in [9.17, 15) is 8.42 Å². The fourth-order valence-corrected chi connectivity index (χ4v) is 3.22. The Morgan fingerprint density at radius 3 is 2.38 bits per heavy atom. The molecule has 0 fully saturated rings. The molecule has 0 unspecified atom stereocenters. The number of benzene rings is 1. The van der Waals surface area contributed by atoms with Gasteiger partial charge in [0.2, 0.25) is 0 Å². The maximum Gasteiger partial charge on any atom is 0.191 e. The van der Waals surface area contributed by atoms with E-state index in [0.717, 1.165) is 31.2 Å². The van der Waals surface area contributed by atoms with Gasteiger partial charge in [-0.3, -0.25) is 4.99 Å². The van der Waals surface area contributed by atoms with Crippen molar-refractivity contribution < 1.29 is 13.2 Å². The second-order valence-corrected chi connectivity index (χ2v) is 9.52. The highest BCUT2D eigenvalue weighted by atomic mass is 32.2. The number of hydrogen-bond acceptors (Lipinski definition) is 4. The van der Waals surface area contributed by atoms with E-state index in [0.29, 0.717) is 13.0 Å². The fourth-order valence-electron chi connectivity index (χ4n) is 2.29. The van der Waals surface area contributed by atoms with E-state index in [1.165, 1.54) is 11.8 Å². The zero-order valence-electron chi connectivity index (χ0n) is 16.6. The van der Waals surface area contributed by atoms with Crippen LogP contribution >= 0.6 is 0 Å². The predicted octanol–water partition coefficient (Wildman–Crippen LogP) is 2.25. The van der Waals surface area contributed by atoms with Crippen LogP contribution in [0.15, 0.2) is 29.3 Å². The summed E-state index contributed by atoms with van der Waals surface area (Å²) in [6.07, 6.45) is 2.75. The first kappa shape index (κ1) is 22.3. The maximum absolute atomic E-state index is 11.4. The summed E-state index contributed by atoms with van der Waals surface area (Å²) in [5.41, 5.74) is 1.06. The number of aliphatic imine (C=N–C) groups is 1. The van der Waals surface area contributed by atoms with Gasteiger partial charge in [-0.1, -0.05) is 26.0 Å². The predicted molar refractivity (Wildman–Crippen MR) is 109 cm³/mol. The summed E-state index contributed by atoms with van der Waals surface area (Å²) in [7, 11) is -1.28.